The molecule has 0 aromatic heterocycles. The van der Waals surface area contributed by atoms with Crippen LogP contribution in [0.4, 0.5) is 17.1 Å². The standard InChI is InChI=1S/C13H13N5O6/c1-8-3-2-4-11(13(8)18(23)24)15-14-10-6-5-9(16(19)20)7-12(10)17(21)22/h5-7,14H,2-4H2,1H3/b15-11+. The molecule has 0 heterocycles. The summed E-state index contributed by atoms with van der Waals surface area (Å²) in [5.41, 5.74) is 2.06. The van der Waals surface area contributed by atoms with Crippen molar-refractivity contribution in [1.82, 2.24) is 0 Å². The SMILES string of the molecule is CC1=C([N+](=O)[O-])/C(=N/Nc2ccc([N+](=O)[O-])cc2[N+](=O)[O-])CCC1. The van der Waals surface area contributed by atoms with E-state index in [1.807, 2.05) is 0 Å². The smallest absolute Gasteiger partial charge is 0.271 e. The van der Waals surface area contributed by atoms with Crippen molar-refractivity contribution in [3.63, 3.8) is 0 Å². The average Bonchev–Trinajstić information content (AvgIpc) is 2.52. The summed E-state index contributed by atoms with van der Waals surface area (Å²) in [6.45, 7) is 1.64. The number of nitrogens with one attached hydrogen (secondary N) is 1. The minimum Gasteiger partial charge on any atom is -0.271 e. The van der Waals surface area contributed by atoms with Crippen LogP contribution in [0.2, 0.25) is 0 Å². The summed E-state index contributed by atoms with van der Waals surface area (Å²) in [5, 5.41) is 36.8. The van der Waals surface area contributed by atoms with E-state index >= 15 is 0 Å². The van der Waals surface area contributed by atoms with E-state index in [-0.39, 0.29) is 17.1 Å². The monoisotopic (exact) mass is 335 g/mol. The topological polar surface area (TPSA) is 154 Å². The van der Waals surface area contributed by atoms with Crippen LogP contribution < -0.4 is 5.43 Å². The molecule has 0 bridgehead atoms. The van der Waals surface area contributed by atoms with Gasteiger partial charge in [-0.1, -0.05) is 0 Å². The minimum absolute atomic E-state index is 0.0796. The molecule has 0 atom stereocenters. The third kappa shape index (κ3) is 3.51. The second-order valence-electron chi connectivity index (χ2n) is 5.13. The van der Waals surface area contributed by atoms with E-state index in [9.17, 15) is 30.3 Å². The first-order chi connectivity index (χ1) is 11.3. The van der Waals surface area contributed by atoms with Gasteiger partial charge in [-0.05, 0) is 32.3 Å². The fraction of sp³-hybridized carbons (Fsp3) is 0.308. The number of non-ortho nitro benzene ring substituents is 1. The van der Waals surface area contributed by atoms with Gasteiger partial charge in [-0.25, -0.2) is 0 Å². The molecule has 0 amide bonds. The molecule has 0 unspecified atom stereocenters. The number of benzene rings is 1. The normalized spacial score (nSPS) is 16.1. The molecular formula is C13H13N5O6. The van der Waals surface area contributed by atoms with Crippen LogP contribution in [-0.4, -0.2) is 20.5 Å². The van der Waals surface area contributed by atoms with E-state index in [0.29, 0.717) is 24.8 Å². The number of nitrogens with zero attached hydrogens (tertiary/aromatic N) is 4. The lowest BCUT2D eigenvalue weighted by molar-refractivity contribution is -0.416. The Morgan fingerprint density at radius 2 is 1.75 bits per heavy atom. The largest absolute Gasteiger partial charge is 0.301 e. The van der Waals surface area contributed by atoms with Gasteiger partial charge in [-0.15, -0.1) is 0 Å². The lowest BCUT2D eigenvalue weighted by Gasteiger charge is -2.13. The summed E-state index contributed by atoms with van der Waals surface area (Å²) in [5.74, 6) is 0. The zero-order valence-electron chi connectivity index (χ0n) is 12.6. The maximum absolute atomic E-state index is 11.1. The molecule has 0 saturated carbocycles. The van der Waals surface area contributed by atoms with Gasteiger partial charge in [-0.3, -0.25) is 35.8 Å². The molecule has 1 aromatic carbocycles. The first-order valence-corrected chi connectivity index (χ1v) is 6.91. The van der Waals surface area contributed by atoms with Crippen molar-refractivity contribution in [2.75, 3.05) is 5.43 Å². The van der Waals surface area contributed by atoms with Crippen LogP contribution in [0.1, 0.15) is 26.2 Å². The molecule has 0 fully saturated rings. The van der Waals surface area contributed by atoms with E-state index in [4.69, 9.17) is 0 Å². The fourth-order valence-electron chi connectivity index (χ4n) is 2.38. The van der Waals surface area contributed by atoms with Gasteiger partial charge in [0.15, 0.2) is 0 Å². The van der Waals surface area contributed by atoms with Crippen molar-refractivity contribution in [2.45, 2.75) is 26.2 Å². The highest BCUT2D eigenvalue weighted by atomic mass is 16.6. The average molecular weight is 335 g/mol. The van der Waals surface area contributed by atoms with Crippen molar-refractivity contribution in [1.29, 1.82) is 0 Å². The number of hydrogen-bond acceptors (Lipinski definition) is 8. The van der Waals surface area contributed by atoms with Crippen LogP contribution in [-0.2, 0) is 0 Å². The van der Waals surface area contributed by atoms with Gasteiger partial charge in [0.25, 0.3) is 11.4 Å². The van der Waals surface area contributed by atoms with Crippen LogP contribution in [0.5, 0.6) is 0 Å². The van der Waals surface area contributed by atoms with Crippen molar-refractivity contribution in [3.8, 4) is 0 Å². The van der Waals surface area contributed by atoms with E-state index in [1.165, 1.54) is 0 Å². The predicted octanol–water partition coefficient (Wildman–Crippen LogP) is 3.01. The molecule has 11 nitrogen and oxygen atoms in total. The number of rotatable bonds is 5. The van der Waals surface area contributed by atoms with E-state index in [2.05, 4.69) is 10.5 Å². The first-order valence-electron chi connectivity index (χ1n) is 6.91. The van der Waals surface area contributed by atoms with Gasteiger partial charge in [0, 0.05) is 11.6 Å². The van der Waals surface area contributed by atoms with Crippen LogP contribution in [0.15, 0.2) is 34.6 Å². The van der Waals surface area contributed by atoms with E-state index in [1.54, 1.807) is 6.92 Å². The Morgan fingerprint density at radius 3 is 2.33 bits per heavy atom. The van der Waals surface area contributed by atoms with Gasteiger partial charge < -0.3 is 0 Å². The predicted molar refractivity (Wildman–Crippen MR) is 84.4 cm³/mol. The van der Waals surface area contributed by atoms with Crippen LogP contribution in [0.25, 0.3) is 0 Å². The van der Waals surface area contributed by atoms with Gasteiger partial charge in [0.2, 0.25) is 0 Å². The van der Waals surface area contributed by atoms with Crippen molar-refractivity contribution < 1.29 is 14.8 Å². The van der Waals surface area contributed by atoms with Crippen molar-refractivity contribution >= 4 is 22.8 Å². The summed E-state index contributed by atoms with van der Waals surface area (Å²) < 4.78 is 0. The van der Waals surface area contributed by atoms with Gasteiger partial charge >= 0.3 is 5.69 Å². The van der Waals surface area contributed by atoms with Crippen LogP contribution in [0.3, 0.4) is 0 Å². The highest BCUT2D eigenvalue weighted by Gasteiger charge is 2.27. The quantitative estimate of drug-likeness (QED) is 0.640. The molecule has 2 rings (SSSR count). The molecule has 1 aromatic rings. The van der Waals surface area contributed by atoms with Crippen molar-refractivity contribution in [3.05, 3.63) is 59.8 Å². The lowest BCUT2D eigenvalue weighted by atomic mass is 9.96. The highest BCUT2D eigenvalue weighted by Crippen LogP contribution is 2.29. The molecule has 0 spiro atoms. The summed E-state index contributed by atoms with van der Waals surface area (Å²) in [6, 6.07) is 3.04. The highest BCUT2D eigenvalue weighted by molar-refractivity contribution is 5.99. The molecule has 1 aliphatic rings. The van der Waals surface area contributed by atoms with Crippen LogP contribution in [0, 0.1) is 30.3 Å². The molecule has 126 valence electrons. The number of hydrazone groups is 1. The van der Waals surface area contributed by atoms with Gasteiger partial charge in [0.1, 0.15) is 11.4 Å². The second kappa shape index (κ2) is 6.81. The maximum Gasteiger partial charge on any atom is 0.301 e. The zero-order valence-corrected chi connectivity index (χ0v) is 12.6. The number of hydrogen-bond donors (Lipinski definition) is 1. The van der Waals surface area contributed by atoms with E-state index in [0.717, 1.165) is 18.2 Å². The van der Waals surface area contributed by atoms with Crippen molar-refractivity contribution in [2.24, 2.45) is 5.10 Å². The zero-order chi connectivity index (χ0) is 17.9. The van der Waals surface area contributed by atoms with Gasteiger partial charge in [-0.2, -0.15) is 5.10 Å². The molecule has 1 aliphatic carbocycles. The summed E-state index contributed by atoms with van der Waals surface area (Å²) in [4.78, 5) is 30.8. The second-order valence-corrected chi connectivity index (χ2v) is 5.13. The lowest BCUT2D eigenvalue weighted by Crippen LogP contribution is -2.19. The number of anilines is 1. The Labute approximate surface area is 135 Å². The molecule has 24 heavy (non-hydrogen) atoms. The third-order valence-corrected chi connectivity index (χ3v) is 3.53. The number of nitro groups is 3. The molecule has 11 heteroatoms. The Bertz CT molecular complexity index is 785. The molecular weight excluding hydrogens is 322 g/mol. The minimum atomic E-state index is -0.786. The molecule has 0 saturated heterocycles. The fourth-order valence-corrected chi connectivity index (χ4v) is 2.38. The summed E-state index contributed by atoms with van der Waals surface area (Å²) in [7, 11) is 0. The Morgan fingerprint density at radius 1 is 1.04 bits per heavy atom. The Balaban J connectivity index is 2.37. The van der Waals surface area contributed by atoms with Crippen LogP contribution >= 0.6 is 0 Å². The Hall–Kier alpha value is -3.37. The number of allylic oxidation sites excluding steroid dienone is 2. The number of nitro benzene ring substituents is 2. The molecule has 1 N–H and O–H groups in total. The summed E-state index contributed by atoms with van der Waals surface area (Å²) >= 11 is 0. The molecule has 0 aliphatic heterocycles. The van der Waals surface area contributed by atoms with E-state index < -0.39 is 26.1 Å². The Kier molecular flexibility index (Phi) is 4.82. The van der Waals surface area contributed by atoms with Gasteiger partial charge in [0.05, 0.1) is 20.8 Å². The maximum atomic E-state index is 11.1. The molecule has 0 radical (unpaired) electrons. The summed E-state index contributed by atoms with van der Waals surface area (Å²) in [6.07, 6.45) is 1.64. The first kappa shape index (κ1) is 17.0. The third-order valence-electron chi connectivity index (χ3n) is 3.53.